The van der Waals surface area contributed by atoms with E-state index in [0.29, 0.717) is 0 Å². The summed E-state index contributed by atoms with van der Waals surface area (Å²) in [6.45, 7) is 5.19. The first-order chi connectivity index (χ1) is 7.70. The maximum Gasteiger partial charge on any atom is 0.162 e. The smallest absolute Gasteiger partial charge is 0.162 e. The molecule has 16 heavy (non-hydrogen) atoms. The molecule has 0 bridgehead atoms. The van der Waals surface area contributed by atoms with Gasteiger partial charge in [0, 0.05) is 24.7 Å². The van der Waals surface area contributed by atoms with Crippen molar-refractivity contribution < 1.29 is 14.9 Å². The van der Waals surface area contributed by atoms with E-state index in [1.54, 1.807) is 6.07 Å². The van der Waals surface area contributed by atoms with Gasteiger partial charge in [0.1, 0.15) is 0 Å². The number of hydrogen-bond donors (Lipinski definition) is 2. The summed E-state index contributed by atoms with van der Waals surface area (Å²) in [6, 6.07) is 5.18. The molecule has 1 aromatic carbocycles. The van der Waals surface area contributed by atoms with Crippen molar-refractivity contribution in [3.8, 4) is 11.5 Å². The van der Waals surface area contributed by atoms with Gasteiger partial charge in [-0.25, -0.2) is 0 Å². The number of rotatable bonds is 2. The Morgan fingerprint density at radius 2 is 1.94 bits per heavy atom. The van der Waals surface area contributed by atoms with Crippen molar-refractivity contribution >= 4 is 0 Å². The molecular weight excluding hydrogens is 206 g/mol. The molecular formula is C12H17NO3. The topological polar surface area (TPSA) is 52.9 Å². The van der Waals surface area contributed by atoms with Crippen LogP contribution in [0.1, 0.15) is 18.5 Å². The highest BCUT2D eigenvalue weighted by atomic mass is 16.5. The van der Waals surface area contributed by atoms with Crippen molar-refractivity contribution in [3.63, 3.8) is 0 Å². The van der Waals surface area contributed by atoms with Crippen molar-refractivity contribution in [1.82, 2.24) is 4.90 Å². The van der Waals surface area contributed by atoms with Crippen LogP contribution in [0.15, 0.2) is 18.2 Å². The zero-order chi connectivity index (χ0) is 11.5. The minimum Gasteiger partial charge on any atom is -0.504 e. The molecule has 1 fully saturated rings. The van der Waals surface area contributed by atoms with Gasteiger partial charge in [-0.3, -0.25) is 4.90 Å². The Morgan fingerprint density at radius 3 is 2.62 bits per heavy atom. The normalized spacial score (nSPS) is 19.6. The van der Waals surface area contributed by atoms with Crippen LogP contribution in [-0.4, -0.2) is 41.4 Å². The van der Waals surface area contributed by atoms with Gasteiger partial charge in [0.2, 0.25) is 0 Å². The number of aromatic hydroxyl groups is 2. The first-order valence-electron chi connectivity index (χ1n) is 5.53. The lowest BCUT2D eigenvalue weighted by molar-refractivity contribution is 0.0194. The Labute approximate surface area is 95.1 Å². The van der Waals surface area contributed by atoms with Gasteiger partial charge in [-0.1, -0.05) is 12.1 Å². The molecule has 0 spiro atoms. The van der Waals surface area contributed by atoms with E-state index in [1.165, 1.54) is 6.07 Å². The van der Waals surface area contributed by atoms with Gasteiger partial charge in [-0.15, -0.1) is 0 Å². The third kappa shape index (κ3) is 2.13. The highest BCUT2D eigenvalue weighted by Crippen LogP contribution is 2.35. The van der Waals surface area contributed by atoms with Crippen LogP contribution in [0.3, 0.4) is 0 Å². The third-order valence-electron chi connectivity index (χ3n) is 3.09. The standard InChI is InChI=1S/C12H17NO3/c1-9(13-5-7-16-8-6-13)10-3-2-4-11(14)12(10)15/h2-4,9,14-15H,5-8H2,1H3. The summed E-state index contributed by atoms with van der Waals surface area (Å²) >= 11 is 0. The van der Waals surface area contributed by atoms with Gasteiger partial charge >= 0.3 is 0 Å². The Hall–Kier alpha value is -1.26. The molecule has 0 saturated carbocycles. The average molecular weight is 223 g/mol. The number of para-hydroxylation sites is 1. The predicted molar refractivity (Wildman–Crippen MR) is 60.6 cm³/mol. The van der Waals surface area contributed by atoms with Crippen molar-refractivity contribution in [1.29, 1.82) is 0 Å². The summed E-state index contributed by atoms with van der Waals surface area (Å²) in [5.41, 5.74) is 0.766. The lowest BCUT2D eigenvalue weighted by atomic mass is 10.0. The first kappa shape index (κ1) is 11.2. The van der Waals surface area contributed by atoms with Crippen LogP contribution >= 0.6 is 0 Å². The lowest BCUT2D eigenvalue weighted by Gasteiger charge is -2.32. The minimum absolute atomic E-state index is 0.0125. The number of benzene rings is 1. The molecule has 4 nitrogen and oxygen atoms in total. The molecule has 2 N–H and O–H groups in total. The van der Waals surface area contributed by atoms with Crippen LogP contribution < -0.4 is 0 Å². The fraction of sp³-hybridized carbons (Fsp3) is 0.500. The predicted octanol–water partition coefficient (Wildman–Crippen LogP) is 1.49. The van der Waals surface area contributed by atoms with Gasteiger partial charge in [0.25, 0.3) is 0 Å². The molecule has 1 heterocycles. The van der Waals surface area contributed by atoms with Crippen LogP contribution in [0.5, 0.6) is 11.5 Å². The number of ether oxygens (including phenoxy) is 1. The molecule has 4 heteroatoms. The SMILES string of the molecule is CC(c1cccc(O)c1O)N1CCOCC1. The molecule has 1 aliphatic heterocycles. The molecule has 2 rings (SSSR count). The van der Waals surface area contributed by atoms with Gasteiger partial charge in [-0.05, 0) is 13.0 Å². The maximum absolute atomic E-state index is 9.79. The molecule has 88 valence electrons. The second-order valence-electron chi connectivity index (χ2n) is 4.04. The van der Waals surface area contributed by atoms with E-state index in [0.717, 1.165) is 31.9 Å². The van der Waals surface area contributed by atoms with Crippen LogP contribution in [0.4, 0.5) is 0 Å². The van der Waals surface area contributed by atoms with Crippen molar-refractivity contribution in [2.45, 2.75) is 13.0 Å². The van der Waals surface area contributed by atoms with E-state index < -0.39 is 0 Å². The van der Waals surface area contributed by atoms with Crippen LogP contribution in [-0.2, 0) is 4.74 Å². The van der Waals surface area contributed by atoms with E-state index in [9.17, 15) is 10.2 Å². The second-order valence-corrected chi connectivity index (χ2v) is 4.04. The largest absolute Gasteiger partial charge is 0.504 e. The molecule has 0 aliphatic carbocycles. The highest BCUT2D eigenvalue weighted by molar-refractivity contribution is 5.45. The second kappa shape index (κ2) is 4.72. The number of hydrogen-bond acceptors (Lipinski definition) is 4. The van der Waals surface area contributed by atoms with Crippen LogP contribution in [0, 0.1) is 0 Å². The molecule has 1 aliphatic rings. The molecule has 1 saturated heterocycles. The maximum atomic E-state index is 9.79. The summed E-state index contributed by atoms with van der Waals surface area (Å²) in [5, 5.41) is 19.2. The molecule has 1 unspecified atom stereocenters. The van der Waals surface area contributed by atoms with Crippen molar-refractivity contribution in [2.75, 3.05) is 26.3 Å². The van der Waals surface area contributed by atoms with E-state index in [2.05, 4.69) is 4.90 Å². The average Bonchev–Trinajstić information content (AvgIpc) is 2.33. The summed E-state index contributed by atoms with van der Waals surface area (Å²) in [5.74, 6) is -0.0703. The molecule has 1 aromatic rings. The van der Waals surface area contributed by atoms with E-state index in [1.807, 2.05) is 13.0 Å². The molecule has 1 atom stereocenters. The lowest BCUT2D eigenvalue weighted by Crippen LogP contribution is -2.38. The Morgan fingerprint density at radius 1 is 1.25 bits per heavy atom. The number of morpholine rings is 1. The van der Waals surface area contributed by atoms with Gasteiger partial charge in [0.05, 0.1) is 13.2 Å². The van der Waals surface area contributed by atoms with Gasteiger partial charge in [0.15, 0.2) is 11.5 Å². The fourth-order valence-corrected chi connectivity index (χ4v) is 2.05. The monoisotopic (exact) mass is 223 g/mol. The Kier molecular flexibility index (Phi) is 3.31. The van der Waals surface area contributed by atoms with Crippen LogP contribution in [0.2, 0.25) is 0 Å². The summed E-state index contributed by atoms with van der Waals surface area (Å²) in [4.78, 5) is 2.23. The van der Waals surface area contributed by atoms with Crippen LogP contribution in [0.25, 0.3) is 0 Å². The highest BCUT2D eigenvalue weighted by Gasteiger charge is 2.21. The zero-order valence-electron chi connectivity index (χ0n) is 9.39. The fourth-order valence-electron chi connectivity index (χ4n) is 2.05. The quantitative estimate of drug-likeness (QED) is 0.746. The summed E-state index contributed by atoms with van der Waals surface area (Å²) in [6.07, 6.45) is 0. The molecule has 0 amide bonds. The van der Waals surface area contributed by atoms with E-state index in [-0.39, 0.29) is 17.5 Å². The number of nitrogens with zero attached hydrogens (tertiary/aromatic N) is 1. The van der Waals surface area contributed by atoms with Crippen molar-refractivity contribution in [3.05, 3.63) is 23.8 Å². The minimum atomic E-state index is -0.0578. The number of phenols is 2. The summed E-state index contributed by atoms with van der Waals surface area (Å²) in [7, 11) is 0. The third-order valence-corrected chi connectivity index (χ3v) is 3.09. The molecule has 0 aromatic heterocycles. The van der Waals surface area contributed by atoms with Crippen molar-refractivity contribution in [2.24, 2.45) is 0 Å². The first-order valence-corrected chi connectivity index (χ1v) is 5.53. The van der Waals surface area contributed by atoms with Gasteiger partial charge < -0.3 is 14.9 Å². The summed E-state index contributed by atoms with van der Waals surface area (Å²) < 4.78 is 5.29. The molecule has 0 radical (unpaired) electrons. The van der Waals surface area contributed by atoms with E-state index >= 15 is 0 Å². The van der Waals surface area contributed by atoms with E-state index in [4.69, 9.17) is 4.74 Å². The Bertz CT molecular complexity index is 361. The van der Waals surface area contributed by atoms with Gasteiger partial charge in [-0.2, -0.15) is 0 Å². The zero-order valence-corrected chi connectivity index (χ0v) is 9.39. The number of phenolic OH excluding ortho intramolecular Hbond substituents is 2. The Balaban J connectivity index is 2.19.